The summed E-state index contributed by atoms with van der Waals surface area (Å²) >= 11 is 0. The van der Waals surface area contributed by atoms with Gasteiger partial charge >= 0.3 is 5.97 Å². The molecule has 7 nitrogen and oxygen atoms in total. The molecule has 0 spiro atoms. The van der Waals surface area contributed by atoms with Crippen molar-refractivity contribution in [2.75, 3.05) is 13.7 Å². The predicted molar refractivity (Wildman–Crippen MR) is 123 cm³/mol. The zero-order valence-electron chi connectivity index (χ0n) is 18.9. The van der Waals surface area contributed by atoms with Crippen LogP contribution in [-0.4, -0.2) is 24.8 Å². The van der Waals surface area contributed by atoms with Crippen LogP contribution < -0.4 is 18.9 Å². The second-order valence-electron chi connectivity index (χ2n) is 8.46. The summed E-state index contributed by atoms with van der Waals surface area (Å²) in [6, 6.07) is 15.2. The molecule has 0 aromatic heterocycles. The minimum absolute atomic E-state index is 0.00229. The van der Waals surface area contributed by atoms with Crippen LogP contribution in [0.4, 0.5) is 4.39 Å². The van der Waals surface area contributed by atoms with Gasteiger partial charge in [0.25, 0.3) is 0 Å². The molecule has 2 atom stereocenters. The molecule has 1 heterocycles. The molecule has 1 N–H and O–H groups in total. The van der Waals surface area contributed by atoms with Gasteiger partial charge in [-0.15, -0.1) is 0 Å². The van der Waals surface area contributed by atoms with Gasteiger partial charge in [0.1, 0.15) is 46.7 Å². The third-order valence-electron chi connectivity index (χ3n) is 6.32. The van der Waals surface area contributed by atoms with E-state index in [0.29, 0.717) is 59.3 Å². The van der Waals surface area contributed by atoms with Crippen LogP contribution in [0, 0.1) is 17.1 Å². The standard InChI is InChI=1S/C27H22FNO6/c1-32-24-11-17(3-2-15(24)13-29)34-22-9-7-21(28)27-20(22)6-8-23(27)35-18-4-5-19-16(10-26(30)31)14-33-25(19)12-18/h2-5,7,9,11-12,16,23H,6,8,10,14H2,1H3,(H,30,31). The van der Waals surface area contributed by atoms with Gasteiger partial charge < -0.3 is 24.1 Å². The molecule has 2 unspecified atom stereocenters. The van der Waals surface area contributed by atoms with E-state index < -0.39 is 12.1 Å². The fraction of sp³-hybridized carbons (Fsp3) is 0.259. The number of halogens is 1. The Balaban J connectivity index is 1.37. The Morgan fingerprint density at radius 1 is 1.17 bits per heavy atom. The summed E-state index contributed by atoms with van der Waals surface area (Å²) in [6.45, 7) is 0.312. The molecule has 8 heteroatoms. The lowest BCUT2D eigenvalue weighted by Crippen LogP contribution is -2.07. The van der Waals surface area contributed by atoms with Crippen molar-refractivity contribution in [2.24, 2.45) is 0 Å². The summed E-state index contributed by atoms with van der Waals surface area (Å²) in [5.74, 6) is 1.09. The highest BCUT2D eigenvalue weighted by Crippen LogP contribution is 2.44. The number of rotatable bonds is 7. The average Bonchev–Trinajstić information content (AvgIpc) is 3.45. The van der Waals surface area contributed by atoms with Crippen LogP contribution in [0.5, 0.6) is 28.7 Å². The van der Waals surface area contributed by atoms with Gasteiger partial charge in [0.15, 0.2) is 0 Å². The fourth-order valence-electron chi connectivity index (χ4n) is 4.68. The Morgan fingerprint density at radius 2 is 2.00 bits per heavy atom. The Hall–Kier alpha value is -4.25. The van der Waals surface area contributed by atoms with Crippen molar-refractivity contribution in [1.29, 1.82) is 5.26 Å². The number of ether oxygens (including phenoxy) is 4. The molecular formula is C27H22FNO6. The van der Waals surface area contributed by atoms with Crippen LogP contribution in [0.15, 0.2) is 48.5 Å². The van der Waals surface area contributed by atoms with Crippen LogP contribution in [-0.2, 0) is 11.2 Å². The van der Waals surface area contributed by atoms with Crippen LogP contribution in [0.3, 0.4) is 0 Å². The SMILES string of the molecule is COc1cc(Oc2ccc(F)c3c2CCC3Oc2ccc3c(c2)OCC3CC(=O)O)ccc1C#N. The van der Waals surface area contributed by atoms with Gasteiger partial charge in [0, 0.05) is 34.7 Å². The van der Waals surface area contributed by atoms with E-state index in [1.165, 1.54) is 13.2 Å². The Bertz CT molecular complexity index is 1350. The molecule has 178 valence electrons. The minimum Gasteiger partial charge on any atom is -0.495 e. The monoisotopic (exact) mass is 475 g/mol. The number of carboxylic acid groups (broad SMARTS) is 1. The van der Waals surface area contributed by atoms with Crippen molar-refractivity contribution in [3.05, 3.63) is 76.6 Å². The van der Waals surface area contributed by atoms with E-state index >= 15 is 0 Å². The van der Waals surface area contributed by atoms with Gasteiger partial charge in [-0.25, -0.2) is 4.39 Å². The summed E-state index contributed by atoms with van der Waals surface area (Å²) < 4.78 is 38.0. The number of hydrogen-bond donors (Lipinski definition) is 1. The molecule has 0 saturated carbocycles. The number of nitriles is 1. The maximum absolute atomic E-state index is 14.9. The number of benzene rings is 3. The number of carbonyl (C=O) groups is 1. The fourth-order valence-corrected chi connectivity index (χ4v) is 4.68. The van der Waals surface area contributed by atoms with E-state index in [1.807, 2.05) is 6.07 Å². The highest BCUT2D eigenvalue weighted by atomic mass is 19.1. The largest absolute Gasteiger partial charge is 0.495 e. The third kappa shape index (κ3) is 4.33. The van der Waals surface area contributed by atoms with Crippen LogP contribution in [0.25, 0.3) is 0 Å². The maximum Gasteiger partial charge on any atom is 0.304 e. The van der Waals surface area contributed by atoms with Crippen molar-refractivity contribution in [3.8, 4) is 34.8 Å². The third-order valence-corrected chi connectivity index (χ3v) is 6.32. The first kappa shape index (κ1) is 22.5. The highest BCUT2D eigenvalue weighted by Gasteiger charge is 2.32. The lowest BCUT2D eigenvalue weighted by molar-refractivity contribution is -0.137. The summed E-state index contributed by atoms with van der Waals surface area (Å²) in [7, 11) is 1.48. The number of carboxylic acids is 1. The molecule has 3 aromatic rings. The molecule has 0 amide bonds. The molecule has 0 saturated heterocycles. The molecule has 0 radical (unpaired) electrons. The second kappa shape index (κ2) is 9.18. The normalized spacial score (nSPS) is 17.6. The van der Waals surface area contributed by atoms with Crippen LogP contribution >= 0.6 is 0 Å². The molecule has 2 aliphatic rings. The van der Waals surface area contributed by atoms with E-state index in [0.717, 1.165) is 11.1 Å². The molecule has 3 aromatic carbocycles. The Kier molecular flexibility index (Phi) is 5.91. The molecular weight excluding hydrogens is 453 g/mol. The first-order valence-electron chi connectivity index (χ1n) is 11.2. The topological polar surface area (TPSA) is 98.0 Å². The lowest BCUT2D eigenvalue weighted by atomic mass is 9.98. The highest BCUT2D eigenvalue weighted by molar-refractivity contribution is 5.69. The minimum atomic E-state index is -0.873. The Labute approximate surface area is 201 Å². The molecule has 1 aliphatic carbocycles. The van der Waals surface area contributed by atoms with E-state index in [1.54, 1.807) is 36.4 Å². The van der Waals surface area contributed by atoms with Crippen molar-refractivity contribution in [1.82, 2.24) is 0 Å². The van der Waals surface area contributed by atoms with Gasteiger partial charge in [-0.1, -0.05) is 6.07 Å². The van der Waals surface area contributed by atoms with Gasteiger partial charge in [0.05, 0.1) is 25.7 Å². The smallest absolute Gasteiger partial charge is 0.304 e. The van der Waals surface area contributed by atoms with Gasteiger partial charge in [-0.2, -0.15) is 5.26 Å². The second-order valence-corrected chi connectivity index (χ2v) is 8.46. The van der Waals surface area contributed by atoms with E-state index in [4.69, 9.17) is 24.1 Å². The molecule has 1 aliphatic heterocycles. The van der Waals surface area contributed by atoms with E-state index in [-0.39, 0.29) is 18.2 Å². The van der Waals surface area contributed by atoms with Gasteiger partial charge in [0.2, 0.25) is 0 Å². The number of fused-ring (bicyclic) bond motifs is 2. The van der Waals surface area contributed by atoms with Crippen molar-refractivity contribution in [2.45, 2.75) is 31.3 Å². The summed E-state index contributed by atoms with van der Waals surface area (Å²) in [5.41, 5.74) is 2.42. The first-order chi connectivity index (χ1) is 17.0. The van der Waals surface area contributed by atoms with E-state index in [2.05, 4.69) is 6.07 Å². The molecule has 0 fully saturated rings. The number of nitrogens with zero attached hydrogens (tertiary/aromatic N) is 1. The van der Waals surface area contributed by atoms with E-state index in [9.17, 15) is 14.4 Å². The number of aliphatic carboxylic acids is 1. The zero-order chi connectivity index (χ0) is 24.5. The summed E-state index contributed by atoms with van der Waals surface area (Å²) in [6.07, 6.45) is 0.645. The van der Waals surface area contributed by atoms with Crippen LogP contribution in [0.2, 0.25) is 0 Å². The Morgan fingerprint density at radius 3 is 2.77 bits per heavy atom. The van der Waals surface area contributed by atoms with Gasteiger partial charge in [-0.05, 0) is 43.2 Å². The average molecular weight is 475 g/mol. The van der Waals surface area contributed by atoms with Gasteiger partial charge in [-0.3, -0.25) is 4.79 Å². The summed E-state index contributed by atoms with van der Waals surface area (Å²) in [5, 5.41) is 18.3. The van der Waals surface area contributed by atoms with Crippen LogP contribution in [0.1, 0.15) is 47.1 Å². The molecule has 5 rings (SSSR count). The number of hydrogen-bond acceptors (Lipinski definition) is 6. The molecule has 35 heavy (non-hydrogen) atoms. The van der Waals surface area contributed by atoms with Crippen molar-refractivity contribution < 1.29 is 33.2 Å². The quantitative estimate of drug-likeness (QED) is 0.481. The van der Waals surface area contributed by atoms with Crippen molar-refractivity contribution >= 4 is 5.97 Å². The predicted octanol–water partition coefficient (Wildman–Crippen LogP) is 5.52. The lowest BCUT2D eigenvalue weighted by Gasteiger charge is -2.17. The number of methoxy groups -OCH3 is 1. The zero-order valence-corrected chi connectivity index (χ0v) is 18.9. The molecule has 0 bridgehead atoms. The summed E-state index contributed by atoms with van der Waals surface area (Å²) in [4.78, 5) is 11.1. The van der Waals surface area contributed by atoms with Crippen molar-refractivity contribution in [3.63, 3.8) is 0 Å². The first-order valence-corrected chi connectivity index (χ1v) is 11.2. The maximum atomic E-state index is 14.9.